The van der Waals surface area contributed by atoms with Gasteiger partial charge < -0.3 is 9.13 Å². The quantitative estimate of drug-likeness (QED) is 0.165. The molecule has 2 nitrogen and oxygen atoms in total. The Bertz CT molecular complexity index is 3670. The predicted molar refractivity (Wildman–Crippen MR) is 253 cm³/mol. The highest BCUT2D eigenvalue weighted by molar-refractivity contribution is 6.19. The monoisotopic (exact) mass is 760 g/mol. The molecule has 10 aromatic carbocycles. The second-order valence-electron chi connectivity index (χ2n) is 16.1. The minimum atomic E-state index is 1.15. The molecule has 0 saturated heterocycles. The summed E-state index contributed by atoms with van der Waals surface area (Å²) in [6.07, 6.45) is 0. The van der Waals surface area contributed by atoms with Crippen LogP contribution in [0.1, 0.15) is 0 Å². The highest BCUT2D eigenvalue weighted by atomic mass is 15.0. The molecule has 0 unspecified atom stereocenters. The Kier molecular flexibility index (Phi) is 7.05. The maximum Gasteiger partial charge on any atom is 0.0541 e. The van der Waals surface area contributed by atoms with Crippen LogP contribution < -0.4 is 0 Å². The minimum absolute atomic E-state index is 1.15. The van der Waals surface area contributed by atoms with E-state index in [0.717, 1.165) is 5.69 Å². The lowest BCUT2D eigenvalue weighted by Gasteiger charge is -2.12. The maximum absolute atomic E-state index is 2.41. The molecule has 2 aromatic heterocycles. The minimum Gasteiger partial charge on any atom is -0.309 e. The van der Waals surface area contributed by atoms with Crippen LogP contribution in [0.2, 0.25) is 0 Å². The first kappa shape index (κ1) is 33.1. The molecule has 60 heavy (non-hydrogen) atoms. The van der Waals surface area contributed by atoms with Gasteiger partial charge in [0, 0.05) is 32.9 Å². The van der Waals surface area contributed by atoms with Gasteiger partial charge in [-0.1, -0.05) is 152 Å². The third-order valence-electron chi connectivity index (χ3n) is 12.9. The molecule has 13 rings (SSSR count). The molecule has 0 aliphatic heterocycles. The van der Waals surface area contributed by atoms with Crippen molar-refractivity contribution in [2.45, 2.75) is 0 Å². The van der Waals surface area contributed by atoms with Gasteiger partial charge in [0.1, 0.15) is 0 Å². The van der Waals surface area contributed by atoms with Crippen molar-refractivity contribution in [2.75, 3.05) is 0 Å². The molecule has 0 spiro atoms. The highest BCUT2D eigenvalue weighted by Crippen LogP contribution is 2.49. The summed E-state index contributed by atoms with van der Waals surface area (Å²) in [5, 5.41) is 7.69. The molecule has 2 heterocycles. The molecule has 0 saturated carbocycles. The molecular weight excluding hydrogens is 725 g/mol. The van der Waals surface area contributed by atoms with E-state index in [0.29, 0.717) is 0 Å². The fourth-order valence-corrected chi connectivity index (χ4v) is 10.2. The summed E-state index contributed by atoms with van der Waals surface area (Å²) in [6.45, 7) is 0. The zero-order valence-electron chi connectivity index (χ0n) is 32.7. The molecule has 0 fully saturated rings. The first-order valence-electron chi connectivity index (χ1n) is 20.8. The van der Waals surface area contributed by atoms with E-state index >= 15 is 0 Å². The summed E-state index contributed by atoms with van der Waals surface area (Å²) < 4.78 is 4.79. The molecule has 0 bridgehead atoms. The Morgan fingerprint density at radius 2 is 0.667 bits per heavy atom. The van der Waals surface area contributed by atoms with Crippen LogP contribution in [0.15, 0.2) is 218 Å². The van der Waals surface area contributed by atoms with Gasteiger partial charge in [-0.2, -0.15) is 0 Å². The summed E-state index contributed by atoms with van der Waals surface area (Å²) >= 11 is 0. The summed E-state index contributed by atoms with van der Waals surface area (Å²) in [4.78, 5) is 0. The van der Waals surface area contributed by atoms with E-state index < -0.39 is 0 Å². The normalized spacial score (nSPS) is 12.0. The maximum atomic E-state index is 2.41. The van der Waals surface area contributed by atoms with Crippen LogP contribution in [0.5, 0.6) is 0 Å². The van der Waals surface area contributed by atoms with Crippen molar-refractivity contribution in [3.63, 3.8) is 0 Å². The fraction of sp³-hybridized carbons (Fsp3) is 0. The van der Waals surface area contributed by atoms with E-state index in [4.69, 9.17) is 0 Å². The number of para-hydroxylation sites is 3. The number of hydrogen-bond donors (Lipinski definition) is 0. The van der Waals surface area contributed by atoms with Crippen molar-refractivity contribution in [1.29, 1.82) is 0 Å². The van der Waals surface area contributed by atoms with Gasteiger partial charge in [0.2, 0.25) is 0 Å². The molecule has 278 valence electrons. The van der Waals surface area contributed by atoms with E-state index in [1.54, 1.807) is 0 Å². The molecule has 12 aromatic rings. The van der Waals surface area contributed by atoms with Crippen molar-refractivity contribution < 1.29 is 0 Å². The lowest BCUT2D eigenvalue weighted by Crippen LogP contribution is -1.94. The molecule has 2 heteroatoms. The number of rotatable bonds is 5. The van der Waals surface area contributed by atoms with Crippen LogP contribution in [0.4, 0.5) is 0 Å². The molecular formula is C58H36N2. The standard InChI is InChI=1S/C58H36N2/c1-2-14-42(15-3-1)59-54-22-8-6-18-47(54)52-35-39(26-32-56(52)59)40-27-33-57-53(36-40)48-19-7-9-23-55(48)60(57)43-28-24-37(25-29-43)38-12-10-13-41(34-38)44-30-31-51-46-17-5-4-16-45(46)50-21-11-20-49(44)58(50)51/h1-36H. The molecule has 0 N–H and O–H groups in total. The van der Waals surface area contributed by atoms with Crippen LogP contribution in [-0.2, 0) is 0 Å². The van der Waals surface area contributed by atoms with Crippen molar-refractivity contribution >= 4 is 54.4 Å². The number of nitrogens with zero attached hydrogens (tertiary/aromatic N) is 2. The van der Waals surface area contributed by atoms with Crippen molar-refractivity contribution in [1.82, 2.24) is 9.13 Å². The third-order valence-corrected chi connectivity index (χ3v) is 12.9. The van der Waals surface area contributed by atoms with Gasteiger partial charge in [-0.15, -0.1) is 0 Å². The Hall–Kier alpha value is -7.94. The van der Waals surface area contributed by atoms with Gasteiger partial charge in [-0.05, 0) is 133 Å². The highest BCUT2D eigenvalue weighted by Gasteiger charge is 2.22. The molecule has 0 radical (unpaired) electrons. The van der Waals surface area contributed by atoms with Gasteiger partial charge in [-0.3, -0.25) is 0 Å². The van der Waals surface area contributed by atoms with Gasteiger partial charge in [-0.25, -0.2) is 0 Å². The predicted octanol–water partition coefficient (Wildman–Crippen LogP) is 15.7. The van der Waals surface area contributed by atoms with Crippen LogP contribution >= 0.6 is 0 Å². The Morgan fingerprint density at radius 3 is 1.33 bits per heavy atom. The van der Waals surface area contributed by atoms with Crippen molar-refractivity contribution in [2.24, 2.45) is 0 Å². The summed E-state index contributed by atoms with van der Waals surface area (Å²) in [5.41, 5.74) is 19.8. The van der Waals surface area contributed by atoms with Crippen molar-refractivity contribution in [3.05, 3.63) is 218 Å². The van der Waals surface area contributed by atoms with Crippen LogP contribution in [0.25, 0.3) is 121 Å². The van der Waals surface area contributed by atoms with Gasteiger partial charge in [0.15, 0.2) is 0 Å². The zero-order valence-corrected chi connectivity index (χ0v) is 32.7. The van der Waals surface area contributed by atoms with Crippen molar-refractivity contribution in [3.8, 4) is 67.0 Å². The van der Waals surface area contributed by atoms with E-state index in [9.17, 15) is 0 Å². The first-order valence-corrected chi connectivity index (χ1v) is 20.8. The van der Waals surface area contributed by atoms with Crippen LogP contribution in [0.3, 0.4) is 0 Å². The van der Waals surface area contributed by atoms with Crippen LogP contribution in [0, 0.1) is 0 Å². The number of aromatic nitrogens is 2. The summed E-state index contributed by atoms with van der Waals surface area (Å²) in [7, 11) is 0. The topological polar surface area (TPSA) is 9.86 Å². The van der Waals surface area contributed by atoms with E-state index in [2.05, 4.69) is 228 Å². The summed E-state index contributed by atoms with van der Waals surface area (Å²) in [5.74, 6) is 0. The second-order valence-corrected chi connectivity index (χ2v) is 16.1. The molecule has 1 aliphatic rings. The number of benzene rings is 10. The number of hydrogen-bond acceptors (Lipinski definition) is 0. The van der Waals surface area contributed by atoms with E-state index in [1.807, 2.05) is 0 Å². The molecule has 0 atom stereocenters. The Morgan fingerprint density at radius 1 is 0.217 bits per heavy atom. The fourth-order valence-electron chi connectivity index (χ4n) is 10.2. The van der Waals surface area contributed by atoms with Crippen LogP contribution in [-0.4, -0.2) is 9.13 Å². The van der Waals surface area contributed by atoms with Gasteiger partial charge >= 0.3 is 0 Å². The number of fused-ring (bicyclic) bond motifs is 9. The zero-order chi connectivity index (χ0) is 39.3. The smallest absolute Gasteiger partial charge is 0.0541 e. The van der Waals surface area contributed by atoms with E-state index in [1.165, 1.54) is 116 Å². The second kappa shape index (κ2) is 12.8. The average molecular weight is 761 g/mol. The Labute approximate surface area is 347 Å². The molecule has 1 aliphatic carbocycles. The lowest BCUT2D eigenvalue weighted by molar-refractivity contribution is 1.18. The lowest BCUT2D eigenvalue weighted by atomic mass is 9.92. The van der Waals surface area contributed by atoms with Gasteiger partial charge in [0.25, 0.3) is 0 Å². The average Bonchev–Trinajstić information content (AvgIpc) is 3.95. The summed E-state index contributed by atoms with van der Waals surface area (Å²) in [6, 6.07) is 80.4. The first-order chi connectivity index (χ1) is 29.8. The molecule has 0 amide bonds. The largest absolute Gasteiger partial charge is 0.309 e. The third kappa shape index (κ3) is 4.82. The SMILES string of the molecule is c1ccc(-n2c3ccccc3c3cc(-c4ccc5c(c4)c4ccccc4n5-c4ccc(-c5cccc(-c6ccc7c8c(cccc68)-c6ccccc6-7)c5)cc4)ccc32)cc1. The van der Waals surface area contributed by atoms with Gasteiger partial charge in [0.05, 0.1) is 22.1 Å². The Balaban J connectivity index is 0.876. The van der Waals surface area contributed by atoms with E-state index in [-0.39, 0.29) is 0 Å².